The second kappa shape index (κ2) is 10.1. The highest BCUT2D eigenvalue weighted by Gasteiger charge is 2.53. The number of nitrogens with two attached hydrogens (primary N) is 1. The van der Waals surface area contributed by atoms with Gasteiger partial charge in [0.1, 0.15) is 17.0 Å². The lowest BCUT2D eigenvalue weighted by Crippen LogP contribution is -2.60. The lowest BCUT2D eigenvalue weighted by Gasteiger charge is -2.46. The molecule has 8 heteroatoms. The molecule has 1 aromatic heterocycles. The molecule has 1 atom stereocenters. The molecule has 0 radical (unpaired) electrons. The molecule has 3 aromatic rings. The number of hydrogen-bond donors (Lipinski definition) is 2. The van der Waals surface area contributed by atoms with Crippen LogP contribution in [0.4, 0.5) is 0 Å². The standard InChI is InChI=1S/C27H30N2O6/c1-33-23-14-9-18(16-24(23)34-2)25(31)29(17-22-8-5-15-35-22)27(26(28)32,19-6-3-4-7-19)20-10-12-21(30)13-11-20/h5,8-16,19,30H,3-4,6-7,17H2,1-2H3,(H2,28,32). The maximum absolute atomic E-state index is 14.2. The molecule has 2 aromatic carbocycles. The number of phenols is 1. The van der Waals surface area contributed by atoms with Gasteiger partial charge in [0.15, 0.2) is 11.5 Å². The molecule has 0 aliphatic heterocycles. The number of methoxy groups -OCH3 is 2. The Labute approximate surface area is 204 Å². The molecule has 3 N–H and O–H groups in total. The van der Waals surface area contributed by atoms with E-state index >= 15 is 0 Å². The van der Waals surface area contributed by atoms with Gasteiger partial charge in [0.05, 0.1) is 27.0 Å². The Morgan fingerprint density at radius 3 is 2.31 bits per heavy atom. The average molecular weight is 479 g/mol. The van der Waals surface area contributed by atoms with Gasteiger partial charge in [-0.15, -0.1) is 0 Å². The van der Waals surface area contributed by atoms with Crippen molar-refractivity contribution in [3.8, 4) is 17.2 Å². The van der Waals surface area contributed by atoms with Crippen molar-refractivity contribution >= 4 is 11.8 Å². The third-order valence-corrected chi connectivity index (χ3v) is 6.82. The molecular weight excluding hydrogens is 448 g/mol. The molecule has 35 heavy (non-hydrogen) atoms. The number of rotatable bonds is 9. The highest BCUT2D eigenvalue weighted by molar-refractivity contribution is 6.00. The molecule has 0 saturated heterocycles. The summed E-state index contributed by atoms with van der Waals surface area (Å²) in [5.74, 6) is 0.215. The van der Waals surface area contributed by atoms with Gasteiger partial charge in [0.25, 0.3) is 5.91 Å². The Morgan fingerprint density at radius 2 is 1.74 bits per heavy atom. The number of benzene rings is 2. The molecule has 1 fully saturated rings. The molecule has 4 rings (SSSR count). The van der Waals surface area contributed by atoms with Crippen molar-refractivity contribution in [3.05, 3.63) is 77.7 Å². The van der Waals surface area contributed by atoms with Gasteiger partial charge in [0, 0.05) is 5.56 Å². The first-order valence-corrected chi connectivity index (χ1v) is 11.6. The van der Waals surface area contributed by atoms with Crippen LogP contribution in [0.5, 0.6) is 17.2 Å². The van der Waals surface area contributed by atoms with Crippen LogP contribution in [0.3, 0.4) is 0 Å². The maximum atomic E-state index is 14.2. The van der Waals surface area contributed by atoms with Gasteiger partial charge < -0.3 is 29.6 Å². The highest BCUT2D eigenvalue weighted by atomic mass is 16.5. The third-order valence-electron chi connectivity index (χ3n) is 6.82. The zero-order chi connectivity index (χ0) is 25.0. The predicted octanol–water partition coefficient (Wildman–Crippen LogP) is 4.22. The normalized spacial score (nSPS) is 15.4. The fourth-order valence-electron chi connectivity index (χ4n) is 5.19. The minimum Gasteiger partial charge on any atom is -0.508 e. The van der Waals surface area contributed by atoms with Crippen LogP contribution >= 0.6 is 0 Å². The Bertz CT molecular complexity index is 1170. The second-order valence-corrected chi connectivity index (χ2v) is 8.70. The molecule has 8 nitrogen and oxygen atoms in total. The van der Waals surface area contributed by atoms with Crippen LogP contribution in [-0.4, -0.2) is 36.0 Å². The first kappa shape index (κ1) is 24.2. The topological polar surface area (TPSA) is 115 Å². The third kappa shape index (κ3) is 4.43. The molecule has 184 valence electrons. The number of nitrogens with zero attached hydrogens (tertiary/aromatic N) is 1. The van der Waals surface area contributed by atoms with Crippen molar-refractivity contribution in [2.24, 2.45) is 11.7 Å². The van der Waals surface area contributed by atoms with Crippen LogP contribution in [-0.2, 0) is 16.9 Å². The molecule has 1 saturated carbocycles. The van der Waals surface area contributed by atoms with Gasteiger partial charge in [-0.05, 0) is 66.8 Å². The van der Waals surface area contributed by atoms with Gasteiger partial charge in [-0.1, -0.05) is 25.0 Å². The van der Waals surface area contributed by atoms with Crippen LogP contribution in [0, 0.1) is 5.92 Å². The minimum absolute atomic E-state index is 0.0283. The van der Waals surface area contributed by atoms with Gasteiger partial charge >= 0.3 is 0 Å². The van der Waals surface area contributed by atoms with Crippen LogP contribution in [0.1, 0.15) is 47.4 Å². The van der Waals surface area contributed by atoms with Crippen LogP contribution < -0.4 is 15.2 Å². The molecule has 0 spiro atoms. The number of amides is 2. The molecule has 1 aliphatic rings. The lowest BCUT2D eigenvalue weighted by atomic mass is 9.74. The van der Waals surface area contributed by atoms with E-state index in [-0.39, 0.29) is 18.2 Å². The number of carbonyl (C=O) groups excluding carboxylic acids is 2. The Morgan fingerprint density at radius 1 is 1.06 bits per heavy atom. The first-order valence-electron chi connectivity index (χ1n) is 11.6. The van der Waals surface area contributed by atoms with Crippen molar-refractivity contribution in [3.63, 3.8) is 0 Å². The minimum atomic E-state index is -1.46. The Balaban J connectivity index is 1.93. The van der Waals surface area contributed by atoms with E-state index in [1.54, 1.807) is 42.5 Å². The summed E-state index contributed by atoms with van der Waals surface area (Å²) >= 11 is 0. The van der Waals surface area contributed by atoms with Crippen LogP contribution in [0.2, 0.25) is 0 Å². The number of carbonyl (C=O) groups is 2. The van der Waals surface area contributed by atoms with E-state index in [0.717, 1.165) is 25.7 Å². The largest absolute Gasteiger partial charge is 0.508 e. The van der Waals surface area contributed by atoms with E-state index in [9.17, 15) is 14.7 Å². The number of primary amides is 1. The zero-order valence-electron chi connectivity index (χ0n) is 19.9. The van der Waals surface area contributed by atoms with Crippen LogP contribution in [0.15, 0.2) is 65.3 Å². The van der Waals surface area contributed by atoms with Gasteiger partial charge in [-0.25, -0.2) is 0 Å². The number of hydrogen-bond acceptors (Lipinski definition) is 6. The molecule has 1 aliphatic carbocycles. The quantitative estimate of drug-likeness (QED) is 0.476. The second-order valence-electron chi connectivity index (χ2n) is 8.70. The van der Waals surface area contributed by atoms with Gasteiger partial charge in [0.2, 0.25) is 5.91 Å². The first-order chi connectivity index (χ1) is 16.9. The molecule has 0 bridgehead atoms. The molecule has 2 amide bonds. The summed E-state index contributed by atoms with van der Waals surface area (Å²) in [6, 6.07) is 14.7. The number of aromatic hydroxyl groups is 1. The van der Waals surface area contributed by atoms with Crippen molar-refractivity contribution in [1.82, 2.24) is 4.90 Å². The van der Waals surface area contributed by atoms with Crippen molar-refractivity contribution in [2.45, 2.75) is 37.8 Å². The SMILES string of the molecule is COc1ccc(C(=O)N(Cc2ccco2)C(C(N)=O)(c2ccc(O)cc2)C2CCCC2)cc1OC. The van der Waals surface area contributed by atoms with Crippen molar-refractivity contribution in [2.75, 3.05) is 14.2 Å². The van der Waals surface area contributed by atoms with Gasteiger partial charge in [-0.2, -0.15) is 0 Å². The van der Waals surface area contributed by atoms with E-state index in [1.807, 2.05) is 0 Å². The molecule has 1 unspecified atom stereocenters. The summed E-state index contributed by atoms with van der Waals surface area (Å²) < 4.78 is 16.3. The summed E-state index contributed by atoms with van der Waals surface area (Å²) in [5, 5.41) is 9.93. The summed E-state index contributed by atoms with van der Waals surface area (Å²) in [6.07, 6.45) is 4.85. The van der Waals surface area contributed by atoms with Crippen LogP contribution in [0.25, 0.3) is 0 Å². The van der Waals surface area contributed by atoms with Gasteiger partial charge in [-0.3, -0.25) is 9.59 Å². The fraction of sp³-hybridized carbons (Fsp3) is 0.333. The smallest absolute Gasteiger partial charge is 0.255 e. The molecular formula is C27H30N2O6. The van der Waals surface area contributed by atoms with Crippen molar-refractivity contribution < 1.29 is 28.6 Å². The summed E-state index contributed by atoms with van der Waals surface area (Å²) in [6.45, 7) is 0.0283. The van der Waals surface area contributed by atoms with E-state index in [2.05, 4.69) is 0 Å². The van der Waals surface area contributed by atoms with E-state index in [4.69, 9.17) is 19.6 Å². The summed E-state index contributed by atoms with van der Waals surface area (Å²) in [5.41, 5.74) is 5.61. The Kier molecular flexibility index (Phi) is 7.00. The van der Waals surface area contributed by atoms with E-state index in [1.165, 1.54) is 37.5 Å². The highest BCUT2D eigenvalue weighted by Crippen LogP contribution is 2.46. The zero-order valence-corrected chi connectivity index (χ0v) is 19.9. The molecule has 1 heterocycles. The monoisotopic (exact) mass is 478 g/mol. The lowest BCUT2D eigenvalue weighted by molar-refractivity contribution is -0.134. The number of furan rings is 1. The predicted molar refractivity (Wildman–Crippen MR) is 129 cm³/mol. The number of ether oxygens (including phenoxy) is 2. The summed E-state index contributed by atoms with van der Waals surface area (Å²) in [7, 11) is 3.01. The van der Waals surface area contributed by atoms with Crippen molar-refractivity contribution in [1.29, 1.82) is 0 Å². The average Bonchev–Trinajstić information content (AvgIpc) is 3.59. The summed E-state index contributed by atoms with van der Waals surface area (Å²) in [4.78, 5) is 29.2. The maximum Gasteiger partial charge on any atom is 0.255 e. The van der Waals surface area contributed by atoms with E-state index in [0.29, 0.717) is 28.4 Å². The Hall–Kier alpha value is -3.94. The van der Waals surface area contributed by atoms with E-state index < -0.39 is 17.4 Å². The fourth-order valence-corrected chi connectivity index (χ4v) is 5.19. The number of phenolic OH excluding ortho intramolecular Hbond substituents is 1.